The maximum Gasteiger partial charge on any atom is 0.203 e. The van der Waals surface area contributed by atoms with Crippen LogP contribution in [-0.4, -0.2) is 23.2 Å². The van der Waals surface area contributed by atoms with Gasteiger partial charge in [-0.05, 0) is 12.8 Å². The Labute approximate surface area is 59.2 Å². The number of hydrogen-bond acceptors (Lipinski definition) is 4. The molecule has 0 saturated carbocycles. The summed E-state index contributed by atoms with van der Waals surface area (Å²) in [7, 11) is 0. The molecule has 0 spiro atoms. The van der Waals surface area contributed by atoms with Crippen LogP contribution in [0.5, 0.6) is 0 Å². The molecule has 0 radical (unpaired) electrons. The number of nitro groups is 1. The van der Waals surface area contributed by atoms with Crippen molar-refractivity contribution < 1.29 is 10.1 Å². The number of rotatable bonds is 6. The second kappa shape index (κ2) is 6.44. The third-order valence-electron chi connectivity index (χ3n) is 1.13. The van der Waals surface area contributed by atoms with Gasteiger partial charge in [0.25, 0.3) is 0 Å². The van der Waals surface area contributed by atoms with E-state index in [2.05, 4.69) is 0 Å². The van der Waals surface area contributed by atoms with Crippen LogP contribution in [0, 0.1) is 10.1 Å². The van der Waals surface area contributed by atoms with Gasteiger partial charge in [-0.25, -0.2) is 5.48 Å². The molecule has 0 aromatic rings. The molecular formula is C5H12N2O3. The molecule has 0 aromatic carbocycles. The maximum absolute atomic E-state index is 9.77. The zero-order valence-corrected chi connectivity index (χ0v) is 5.75. The van der Waals surface area contributed by atoms with Crippen LogP contribution in [0.2, 0.25) is 0 Å². The van der Waals surface area contributed by atoms with Crippen LogP contribution in [-0.2, 0) is 0 Å². The van der Waals surface area contributed by atoms with Crippen LogP contribution < -0.4 is 5.48 Å². The SMILES string of the molecule is O=[N+]([O-])CCCCCNO. The fourth-order valence-corrected chi connectivity index (χ4v) is 0.622. The molecule has 2 N–H and O–H groups in total. The summed E-state index contributed by atoms with van der Waals surface area (Å²) in [5.74, 6) is 0. The molecule has 0 atom stereocenters. The van der Waals surface area contributed by atoms with Crippen molar-refractivity contribution in [3.05, 3.63) is 10.1 Å². The van der Waals surface area contributed by atoms with E-state index in [9.17, 15) is 10.1 Å². The first-order chi connectivity index (χ1) is 4.77. The summed E-state index contributed by atoms with van der Waals surface area (Å²) >= 11 is 0. The normalized spacial score (nSPS) is 9.70. The Morgan fingerprint density at radius 1 is 1.40 bits per heavy atom. The third kappa shape index (κ3) is 7.32. The van der Waals surface area contributed by atoms with Crippen molar-refractivity contribution in [2.75, 3.05) is 13.1 Å². The van der Waals surface area contributed by atoms with E-state index in [1.165, 1.54) is 0 Å². The van der Waals surface area contributed by atoms with Crippen molar-refractivity contribution >= 4 is 0 Å². The number of hydroxylamine groups is 1. The Balaban J connectivity index is 2.84. The van der Waals surface area contributed by atoms with E-state index >= 15 is 0 Å². The van der Waals surface area contributed by atoms with Crippen LogP contribution in [0.25, 0.3) is 0 Å². The van der Waals surface area contributed by atoms with Gasteiger partial charge in [0.05, 0.1) is 0 Å². The molecule has 0 aliphatic heterocycles. The van der Waals surface area contributed by atoms with Crippen molar-refractivity contribution in [3.8, 4) is 0 Å². The molecule has 0 rings (SSSR count). The first-order valence-electron chi connectivity index (χ1n) is 3.26. The van der Waals surface area contributed by atoms with Crippen molar-refractivity contribution in [3.63, 3.8) is 0 Å². The topological polar surface area (TPSA) is 75.4 Å². The average molecular weight is 148 g/mol. The Kier molecular flexibility index (Phi) is 6.00. The summed E-state index contributed by atoms with van der Waals surface area (Å²) in [5.41, 5.74) is 1.99. The van der Waals surface area contributed by atoms with Gasteiger partial charge in [-0.2, -0.15) is 0 Å². The fourth-order valence-electron chi connectivity index (χ4n) is 0.622. The standard InChI is InChI=1S/C5H12N2O3/c8-6-4-2-1-3-5-7(9)10/h6,8H,1-5H2. The smallest absolute Gasteiger partial charge is 0.203 e. The number of unbranched alkanes of at least 4 members (excludes halogenated alkanes) is 2. The summed E-state index contributed by atoms with van der Waals surface area (Å²) in [6.45, 7) is 0.545. The predicted molar refractivity (Wildman–Crippen MR) is 35.5 cm³/mol. The predicted octanol–water partition coefficient (Wildman–Crippen LogP) is 0.412. The number of hydrogen-bond donors (Lipinski definition) is 2. The Hall–Kier alpha value is -0.680. The molecule has 5 nitrogen and oxygen atoms in total. The molecule has 0 fully saturated rings. The lowest BCUT2D eigenvalue weighted by atomic mass is 10.2. The van der Waals surface area contributed by atoms with Crippen molar-refractivity contribution in [2.24, 2.45) is 0 Å². The highest BCUT2D eigenvalue weighted by Crippen LogP contribution is 1.92. The molecule has 0 amide bonds. The van der Waals surface area contributed by atoms with Gasteiger partial charge < -0.3 is 5.21 Å². The molecule has 0 bridgehead atoms. The molecule has 0 aliphatic carbocycles. The van der Waals surface area contributed by atoms with Gasteiger partial charge in [0.1, 0.15) is 0 Å². The van der Waals surface area contributed by atoms with E-state index in [1.54, 1.807) is 0 Å². The lowest BCUT2D eigenvalue weighted by Crippen LogP contribution is -2.09. The summed E-state index contributed by atoms with van der Waals surface area (Å²) in [6, 6.07) is 0. The highest BCUT2D eigenvalue weighted by atomic mass is 16.6. The van der Waals surface area contributed by atoms with Crippen molar-refractivity contribution in [1.29, 1.82) is 0 Å². The van der Waals surface area contributed by atoms with E-state index in [-0.39, 0.29) is 11.5 Å². The minimum Gasteiger partial charge on any atom is -0.317 e. The van der Waals surface area contributed by atoms with E-state index in [0.29, 0.717) is 13.0 Å². The van der Waals surface area contributed by atoms with Crippen LogP contribution in [0.4, 0.5) is 0 Å². The molecule has 10 heavy (non-hydrogen) atoms. The minimum absolute atomic E-state index is 0.0332. The Morgan fingerprint density at radius 3 is 2.60 bits per heavy atom. The van der Waals surface area contributed by atoms with Crippen LogP contribution in [0.1, 0.15) is 19.3 Å². The lowest BCUT2D eigenvalue weighted by Gasteiger charge is -1.94. The highest BCUT2D eigenvalue weighted by Gasteiger charge is 1.95. The first kappa shape index (κ1) is 9.32. The van der Waals surface area contributed by atoms with Gasteiger partial charge >= 0.3 is 0 Å². The van der Waals surface area contributed by atoms with Crippen LogP contribution >= 0.6 is 0 Å². The lowest BCUT2D eigenvalue weighted by molar-refractivity contribution is -0.480. The minimum atomic E-state index is -0.327. The molecule has 5 heteroatoms. The zero-order valence-electron chi connectivity index (χ0n) is 5.75. The Morgan fingerprint density at radius 2 is 2.10 bits per heavy atom. The Bertz CT molecular complexity index is 96.9. The van der Waals surface area contributed by atoms with E-state index in [4.69, 9.17) is 5.21 Å². The van der Waals surface area contributed by atoms with Gasteiger partial charge in [-0.3, -0.25) is 10.1 Å². The van der Waals surface area contributed by atoms with Gasteiger partial charge in [0.15, 0.2) is 0 Å². The van der Waals surface area contributed by atoms with E-state index in [0.717, 1.165) is 12.8 Å². The maximum atomic E-state index is 9.77. The van der Waals surface area contributed by atoms with Crippen LogP contribution in [0.3, 0.4) is 0 Å². The quantitative estimate of drug-likeness (QED) is 0.325. The molecule has 0 saturated heterocycles. The second-order valence-electron chi connectivity index (χ2n) is 2.03. The summed E-state index contributed by atoms with van der Waals surface area (Å²) in [6.07, 6.45) is 2.16. The van der Waals surface area contributed by atoms with Crippen LogP contribution in [0.15, 0.2) is 0 Å². The average Bonchev–Trinajstić information content (AvgIpc) is 1.87. The van der Waals surface area contributed by atoms with E-state index in [1.807, 2.05) is 5.48 Å². The van der Waals surface area contributed by atoms with Crippen molar-refractivity contribution in [2.45, 2.75) is 19.3 Å². The molecule has 0 heterocycles. The summed E-state index contributed by atoms with van der Waals surface area (Å²) in [5, 5.41) is 17.9. The molecule has 60 valence electrons. The summed E-state index contributed by atoms with van der Waals surface area (Å²) < 4.78 is 0. The van der Waals surface area contributed by atoms with Gasteiger partial charge in [-0.1, -0.05) is 0 Å². The number of nitrogens with one attached hydrogen (secondary N) is 1. The monoisotopic (exact) mass is 148 g/mol. The second-order valence-corrected chi connectivity index (χ2v) is 2.03. The van der Waals surface area contributed by atoms with Gasteiger partial charge in [0.2, 0.25) is 6.54 Å². The largest absolute Gasteiger partial charge is 0.317 e. The first-order valence-corrected chi connectivity index (χ1v) is 3.26. The van der Waals surface area contributed by atoms with Crippen molar-refractivity contribution in [1.82, 2.24) is 5.48 Å². The fraction of sp³-hybridized carbons (Fsp3) is 1.00. The van der Waals surface area contributed by atoms with Gasteiger partial charge in [-0.15, -0.1) is 0 Å². The van der Waals surface area contributed by atoms with E-state index < -0.39 is 0 Å². The molecule has 0 unspecified atom stereocenters. The zero-order chi connectivity index (χ0) is 7.82. The molecule has 0 aliphatic rings. The highest BCUT2D eigenvalue weighted by molar-refractivity contribution is 4.40. The molecular weight excluding hydrogens is 136 g/mol. The summed E-state index contributed by atoms with van der Waals surface area (Å²) in [4.78, 5) is 9.45. The third-order valence-corrected chi connectivity index (χ3v) is 1.13. The van der Waals surface area contributed by atoms with Gasteiger partial charge in [0, 0.05) is 17.9 Å². The molecule has 0 aromatic heterocycles. The number of nitrogens with zero attached hydrogens (tertiary/aromatic N) is 1.